The highest BCUT2D eigenvalue weighted by Gasteiger charge is 2.34. The van der Waals surface area contributed by atoms with E-state index in [9.17, 15) is 18.0 Å². The molecule has 0 fully saturated rings. The number of benzene rings is 2. The summed E-state index contributed by atoms with van der Waals surface area (Å²) in [5.41, 5.74) is 1.28. The van der Waals surface area contributed by atoms with Crippen LogP contribution < -0.4 is 10.1 Å². The van der Waals surface area contributed by atoms with E-state index < -0.39 is 11.7 Å². The number of ether oxygens (including phenoxy) is 2. The Bertz CT molecular complexity index is 1100. The van der Waals surface area contributed by atoms with E-state index in [1.807, 2.05) is 6.92 Å². The Balaban J connectivity index is 1.75. The van der Waals surface area contributed by atoms with Gasteiger partial charge < -0.3 is 14.8 Å². The zero-order valence-electron chi connectivity index (χ0n) is 17.9. The Morgan fingerprint density at radius 3 is 2.53 bits per heavy atom. The van der Waals surface area contributed by atoms with Gasteiger partial charge in [0.1, 0.15) is 11.5 Å². The van der Waals surface area contributed by atoms with Crippen LogP contribution in [0.5, 0.6) is 11.5 Å². The average Bonchev–Trinajstić information content (AvgIpc) is 2.73. The van der Waals surface area contributed by atoms with Gasteiger partial charge in [-0.2, -0.15) is 13.2 Å². The molecule has 1 heterocycles. The summed E-state index contributed by atoms with van der Waals surface area (Å²) < 4.78 is 50.3. The highest BCUT2D eigenvalue weighted by molar-refractivity contribution is 6.05. The van der Waals surface area contributed by atoms with Gasteiger partial charge in [0.2, 0.25) is 0 Å². The second-order valence-electron chi connectivity index (χ2n) is 7.26. The first-order valence-electron chi connectivity index (χ1n) is 9.92. The molecular formula is C24H23F3N2O3. The molecule has 0 bridgehead atoms. The summed E-state index contributed by atoms with van der Waals surface area (Å²) in [7, 11) is 1.62. The third-order valence-corrected chi connectivity index (χ3v) is 4.80. The topological polar surface area (TPSA) is 60.5 Å². The summed E-state index contributed by atoms with van der Waals surface area (Å²) in [5.74, 6) is -0.531. The summed E-state index contributed by atoms with van der Waals surface area (Å²) in [5, 5.41) is 2.74. The van der Waals surface area contributed by atoms with E-state index in [4.69, 9.17) is 9.47 Å². The van der Waals surface area contributed by atoms with Crippen LogP contribution in [-0.4, -0.2) is 24.1 Å². The predicted octanol–water partition coefficient (Wildman–Crippen LogP) is 6.03. The van der Waals surface area contributed by atoms with Crippen molar-refractivity contribution in [2.45, 2.75) is 32.5 Å². The molecule has 1 aromatic heterocycles. The first-order chi connectivity index (χ1) is 15.2. The Labute approximate surface area is 184 Å². The smallest absolute Gasteiger partial charge is 0.419 e. The number of rotatable bonds is 7. The molecule has 0 saturated heterocycles. The molecule has 1 amide bonds. The van der Waals surface area contributed by atoms with Crippen molar-refractivity contribution in [2.75, 3.05) is 12.4 Å². The second kappa shape index (κ2) is 9.82. The van der Waals surface area contributed by atoms with Crippen molar-refractivity contribution in [1.82, 2.24) is 4.98 Å². The van der Waals surface area contributed by atoms with E-state index in [0.717, 1.165) is 11.8 Å². The normalized spacial score (nSPS) is 12.3. The Kier molecular flexibility index (Phi) is 7.15. The average molecular weight is 444 g/mol. The molecule has 1 N–H and O–H groups in total. The fourth-order valence-electron chi connectivity index (χ4n) is 3.10. The van der Waals surface area contributed by atoms with Gasteiger partial charge in [0.25, 0.3) is 5.91 Å². The molecule has 3 rings (SSSR count). The number of carbonyl (C=O) groups is 1. The molecule has 5 nitrogen and oxygen atoms in total. The lowest BCUT2D eigenvalue weighted by Crippen LogP contribution is -2.16. The van der Waals surface area contributed by atoms with Crippen molar-refractivity contribution in [3.63, 3.8) is 0 Å². The van der Waals surface area contributed by atoms with Gasteiger partial charge in [-0.3, -0.25) is 9.78 Å². The number of hydrogen-bond donors (Lipinski definition) is 1. The fraction of sp³-hybridized carbons (Fsp3) is 0.250. The van der Waals surface area contributed by atoms with Gasteiger partial charge in [-0.1, -0.05) is 18.2 Å². The van der Waals surface area contributed by atoms with Crippen LogP contribution in [0.15, 0.2) is 60.7 Å². The lowest BCUT2D eigenvalue weighted by Gasteiger charge is -2.14. The van der Waals surface area contributed by atoms with Gasteiger partial charge in [0.15, 0.2) is 0 Å². The Morgan fingerprint density at radius 1 is 1.09 bits per heavy atom. The van der Waals surface area contributed by atoms with Crippen LogP contribution in [0.4, 0.5) is 18.9 Å². The summed E-state index contributed by atoms with van der Waals surface area (Å²) in [6, 6.07) is 14.6. The highest BCUT2D eigenvalue weighted by Crippen LogP contribution is 2.38. The number of para-hydroxylation sites is 1. The maximum atomic E-state index is 13.2. The number of halogens is 3. The van der Waals surface area contributed by atoms with Crippen molar-refractivity contribution in [3.05, 3.63) is 83.2 Å². The van der Waals surface area contributed by atoms with Crippen LogP contribution in [0.3, 0.4) is 0 Å². The maximum absolute atomic E-state index is 13.2. The minimum absolute atomic E-state index is 0.00629. The number of methoxy groups -OCH3 is 1. The van der Waals surface area contributed by atoms with Crippen molar-refractivity contribution < 1.29 is 27.4 Å². The van der Waals surface area contributed by atoms with Crippen LogP contribution in [0.25, 0.3) is 0 Å². The molecule has 0 radical (unpaired) electrons. The summed E-state index contributed by atoms with van der Waals surface area (Å²) in [6.07, 6.45) is -3.91. The van der Waals surface area contributed by atoms with Crippen LogP contribution in [0.1, 0.15) is 34.2 Å². The van der Waals surface area contributed by atoms with E-state index in [1.165, 1.54) is 30.3 Å². The predicted molar refractivity (Wildman–Crippen MR) is 115 cm³/mol. The number of aryl methyl sites for hydroxylation is 1. The molecule has 1 atom stereocenters. The van der Waals surface area contributed by atoms with Crippen molar-refractivity contribution in [3.8, 4) is 11.5 Å². The number of pyridine rings is 1. The van der Waals surface area contributed by atoms with Gasteiger partial charge in [-0.05, 0) is 50.2 Å². The van der Waals surface area contributed by atoms with E-state index in [0.29, 0.717) is 23.4 Å². The van der Waals surface area contributed by atoms with Crippen molar-refractivity contribution >= 4 is 11.6 Å². The Morgan fingerprint density at radius 2 is 1.84 bits per heavy atom. The zero-order valence-corrected chi connectivity index (χ0v) is 17.9. The van der Waals surface area contributed by atoms with Gasteiger partial charge in [-0.25, -0.2) is 0 Å². The molecule has 0 aliphatic rings. The molecule has 32 heavy (non-hydrogen) atoms. The molecular weight excluding hydrogens is 421 g/mol. The minimum atomic E-state index is -4.54. The number of amides is 1. The number of alkyl halides is 3. The molecule has 3 aromatic rings. The van der Waals surface area contributed by atoms with Crippen LogP contribution in [-0.2, 0) is 17.3 Å². The van der Waals surface area contributed by atoms with Crippen LogP contribution in [0, 0.1) is 6.92 Å². The van der Waals surface area contributed by atoms with Crippen LogP contribution >= 0.6 is 0 Å². The zero-order chi connectivity index (χ0) is 23.3. The first kappa shape index (κ1) is 23.3. The highest BCUT2D eigenvalue weighted by atomic mass is 19.4. The fourth-order valence-corrected chi connectivity index (χ4v) is 3.10. The lowest BCUT2D eigenvalue weighted by molar-refractivity contribution is -0.138. The van der Waals surface area contributed by atoms with E-state index in [-0.39, 0.29) is 23.5 Å². The number of anilines is 1. The van der Waals surface area contributed by atoms with Gasteiger partial charge in [0, 0.05) is 31.0 Å². The summed E-state index contributed by atoms with van der Waals surface area (Å²) >= 11 is 0. The molecule has 1 unspecified atom stereocenters. The molecule has 0 saturated carbocycles. The van der Waals surface area contributed by atoms with Crippen molar-refractivity contribution in [2.24, 2.45) is 0 Å². The molecule has 2 aromatic carbocycles. The number of aromatic nitrogens is 1. The third kappa shape index (κ3) is 5.85. The van der Waals surface area contributed by atoms with Gasteiger partial charge in [-0.15, -0.1) is 0 Å². The quantitative estimate of drug-likeness (QED) is 0.483. The second-order valence-corrected chi connectivity index (χ2v) is 7.26. The minimum Gasteiger partial charge on any atom is -0.457 e. The van der Waals surface area contributed by atoms with Gasteiger partial charge >= 0.3 is 6.18 Å². The van der Waals surface area contributed by atoms with E-state index in [2.05, 4.69) is 10.3 Å². The van der Waals surface area contributed by atoms with Gasteiger partial charge in [0.05, 0.1) is 22.9 Å². The number of hydrogen-bond acceptors (Lipinski definition) is 4. The third-order valence-electron chi connectivity index (χ3n) is 4.80. The van der Waals surface area contributed by atoms with E-state index in [1.54, 1.807) is 38.3 Å². The Hall–Kier alpha value is -3.39. The molecule has 0 aliphatic heterocycles. The molecule has 168 valence electrons. The molecule has 0 aliphatic carbocycles. The molecule has 8 heteroatoms. The van der Waals surface area contributed by atoms with Crippen molar-refractivity contribution in [1.29, 1.82) is 0 Å². The number of carbonyl (C=O) groups excluding carboxylic acids is 1. The SMILES string of the molecule is COC(C)Cc1ccc(C(=O)Nc2cccc(Oc3ccccc3C(F)(F)F)c2)c(C)n1. The summed E-state index contributed by atoms with van der Waals surface area (Å²) in [6.45, 7) is 3.67. The first-order valence-corrected chi connectivity index (χ1v) is 9.92. The monoisotopic (exact) mass is 444 g/mol. The number of nitrogens with zero attached hydrogens (tertiary/aromatic N) is 1. The van der Waals surface area contributed by atoms with E-state index >= 15 is 0 Å². The maximum Gasteiger partial charge on any atom is 0.419 e. The lowest BCUT2D eigenvalue weighted by atomic mass is 10.1. The molecule has 0 spiro atoms. The standard InChI is InChI=1S/C24H23F3N2O3/c1-15(31-3)13-18-11-12-20(16(2)28-18)23(30)29-17-7-6-8-19(14-17)32-22-10-5-4-9-21(22)24(25,26)27/h4-12,14-15H,13H2,1-3H3,(H,29,30). The number of nitrogens with one attached hydrogen (secondary N) is 1. The summed E-state index contributed by atoms with van der Waals surface area (Å²) in [4.78, 5) is 17.2. The largest absolute Gasteiger partial charge is 0.457 e. The van der Waals surface area contributed by atoms with Crippen LogP contribution in [0.2, 0.25) is 0 Å².